The van der Waals surface area contributed by atoms with Gasteiger partial charge in [0, 0.05) is 63.2 Å². The topological polar surface area (TPSA) is 217 Å². The lowest BCUT2D eigenvalue weighted by atomic mass is 9.76. The molecule has 3 heterocycles. The van der Waals surface area contributed by atoms with Gasteiger partial charge in [-0.2, -0.15) is 0 Å². The monoisotopic (exact) mass is 997 g/mol. The van der Waals surface area contributed by atoms with Crippen LogP contribution in [0.2, 0.25) is 0 Å². The molecule has 0 aromatic heterocycles. The van der Waals surface area contributed by atoms with Gasteiger partial charge in [0.2, 0.25) is 5.79 Å². The van der Waals surface area contributed by atoms with E-state index < -0.39 is 117 Å². The molecule has 3 fully saturated rings. The molecular formula is C49H85F2NO15P+. The van der Waals surface area contributed by atoms with Gasteiger partial charge in [0.1, 0.15) is 24.9 Å². The van der Waals surface area contributed by atoms with Crippen LogP contribution in [0.4, 0.5) is 8.78 Å². The van der Waals surface area contributed by atoms with Crippen LogP contribution in [0.5, 0.6) is 0 Å². The number of hydrogen-bond donors (Lipinski definition) is 4. The number of nitrogens with zero attached hydrogens (tertiary/aromatic N) is 1. The maximum absolute atomic E-state index is 16.0. The molecule has 394 valence electrons. The van der Waals surface area contributed by atoms with Crippen LogP contribution in [-0.2, 0) is 51.7 Å². The van der Waals surface area contributed by atoms with E-state index in [4.69, 9.17) is 37.8 Å². The molecule has 0 spiro atoms. The molecule has 2 saturated heterocycles. The highest BCUT2D eigenvalue weighted by molar-refractivity contribution is 7.33. The third kappa shape index (κ3) is 15.3. The first-order chi connectivity index (χ1) is 31.6. The SMILES string of the molecule is C.CCO.CCO[P+](=O)OC1(C(F)F)C[C@H](O)[C@@H](C)[C@@H](/C(C)=C/[C@@H]2CC[C@@H](O)[C@H](OC)C2)OC(=O)[C@@H]2CCCCN2C(=O)C(=O)[C@]2(O)O[C@H]([C@@H](OC)C[C@@H](C)C/C(C)=C/[C@H]1CC)[C@@H](OC)C[C@H]2C. The number of carbonyl (C=O) groups is 3. The lowest BCUT2D eigenvalue weighted by Gasteiger charge is -2.47. The number of fused-ring (bicyclic) bond motifs is 3. The van der Waals surface area contributed by atoms with E-state index in [1.165, 1.54) is 21.3 Å². The number of amides is 1. The number of carbonyl (C=O) groups excluding carboxylic acids is 3. The average Bonchev–Trinajstić information content (AvgIpc) is 3.29. The van der Waals surface area contributed by atoms with Crippen molar-refractivity contribution >= 4 is 25.9 Å². The lowest BCUT2D eigenvalue weighted by Crippen LogP contribution is -2.64. The van der Waals surface area contributed by atoms with Crippen LogP contribution in [0, 0.1) is 29.6 Å². The number of ketones is 1. The second-order valence-corrected chi connectivity index (χ2v) is 19.9. The largest absolute Gasteiger partial charge is 0.698 e. The second kappa shape index (κ2) is 28.6. The quantitative estimate of drug-likeness (QED) is 0.0694. The summed E-state index contributed by atoms with van der Waals surface area (Å²) in [6.45, 7) is 13.6. The first-order valence-corrected chi connectivity index (χ1v) is 25.2. The van der Waals surface area contributed by atoms with Gasteiger partial charge in [0.25, 0.3) is 18.1 Å². The van der Waals surface area contributed by atoms with Crippen molar-refractivity contribution in [1.82, 2.24) is 4.90 Å². The fourth-order valence-corrected chi connectivity index (χ4v) is 11.2. The molecule has 4 aliphatic rings. The first-order valence-electron chi connectivity index (χ1n) is 24.1. The highest BCUT2D eigenvalue weighted by Gasteiger charge is 2.58. The second-order valence-electron chi connectivity index (χ2n) is 19.0. The number of esters is 1. The van der Waals surface area contributed by atoms with E-state index in [1.807, 2.05) is 13.0 Å². The summed E-state index contributed by atoms with van der Waals surface area (Å²) in [5.74, 6) is -9.27. The first kappa shape index (κ1) is 61.8. The Bertz CT molecular complexity index is 1670. The number of Topliss-reactive ketones (excluding diaryl/α,β-unsaturated/α-hetero) is 1. The highest BCUT2D eigenvalue weighted by Crippen LogP contribution is 2.47. The van der Waals surface area contributed by atoms with Gasteiger partial charge >= 0.3 is 14.2 Å². The van der Waals surface area contributed by atoms with Crippen molar-refractivity contribution in [3.8, 4) is 0 Å². The number of halogens is 2. The Morgan fingerprint density at radius 1 is 0.956 bits per heavy atom. The molecule has 1 aliphatic carbocycles. The number of ether oxygens (including phenoxy) is 5. The average molecular weight is 997 g/mol. The number of piperidine rings is 1. The zero-order chi connectivity index (χ0) is 50.4. The molecule has 3 aliphatic heterocycles. The predicted molar refractivity (Wildman–Crippen MR) is 252 cm³/mol. The van der Waals surface area contributed by atoms with Crippen LogP contribution < -0.4 is 0 Å². The molecule has 4 rings (SSSR count). The van der Waals surface area contributed by atoms with Crippen molar-refractivity contribution in [3.05, 3.63) is 23.3 Å². The van der Waals surface area contributed by atoms with Crippen molar-refractivity contribution in [2.75, 3.05) is 41.1 Å². The van der Waals surface area contributed by atoms with E-state index in [0.717, 1.165) is 4.90 Å². The summed E-state index contributed by atoms with van der Waals surface area (Å²) in [4.78, 5) is 44.3. The molecule has 19 heteroatoms. The molecule has 2 bridgehead atoms. The highest BCUT2D eigenvalue weighted by atomic mass is 31.1. The van der Waals surface area contributed by atoms with Crippen LogP contribution in [0.15, 0.2) is 23.3 Å². The van der Waals surface area contributed by atoms with Crippen LogP contribution in [0.1, 0.15) is 133 Å². The van der Waals surface area contributed by atoms with E-state index >= 15 is 8.78 Å². The number of cyclic esters (lactones) is 1. The van der Waals surface area contributed by atoms with Gasteiger partial charge < -0.3 is 49.0 Å². The fourth-order valence-electron chi connectivity index (χ4n) is 10.3. The number of aliphatic hydroxyl groups is 4. The number of hydrogen-bond acceptors (Lipinski definition) is 15. The van der Waals surface area contributed by atoms with Crippen molar-refractivity contribution in [2.45, 2.75) is 200 Å². The molecule has 0 aromatic rings. The van der Waals surface area contributed by atoms with Crippen LogP contribution in [-0.4, -0.2) is 151 Å². The number of methoxy groups -OCH3 is 3. The summed E-state index contributed by atoms with van der Waals surface area (Å²) in [6, 6.07) is -1.28. The van der Waals surface area contributed by atoms with Crippen molar-refractivity contribution in [1.29, 1.82) is 0 Å². The Hall–Kier alpha value is -2.35. The molecule has 1 saturated carbocycles. The predicted octanol–water partition coefficient (Wildman–Crippen LogP) is 7.25. The van der Waals surface area contributed by atoms with Crippen molar-refractivity contribution in [3.63, 3.8) is 0 Å². The summed E-state index contributed by atoms with van der Waals surface area (Å²) in [6.07, 6.45) is -3.52. The third-order valence-corrected chi connectivity index (χ3v) is 15.0. The minimum absolute atomic E-state index is 0. The Labute approximate surface area is 404 Å². The van der Waals surface area contributed by atoms with E-state index in [0.29, 0.717) is 56.1 Å². The minimum atomic E-state index is -3.27. The Balaban J connectivity index is 0.00000386. The van der Waals surface area contributed by atoms with E-state index in [1.54, 1.807) is 54.5 Å². The molecule has 68 heavy (non-hydrogen) atoms. The standard InChI is InChI=1S/C46H75F2NO14P.C2H6O.CH4/c1-11-32-20-26(3)19-27(4)21-37(58-9)40-38(59-10)23-29(6)46(55,62-40)41(52)42(53)49-18-14-13-15-33(49)43(54)61-39(28(5)22-31-16-17-34(50)36(24-31)57-8)30(7)35(51)25-45(32,44(47)48)63-64(56)60-12-2;1-2-3;/h20,22,27,29-40,44,50-51,55H,11-19,21,23-25H2,1-10H3;3H,2H2,1H3;1H4/q+1;;/b26-20+,28-22+;;/t27-,29+,30+,31-,32+,33-,34+,35-,36+,37-,38-,39+,40+,45?,46+;;/m0../s1. The van der Waals surface area contributed by atoms with Gasteiger partial charge in [-0.15, -0.1) is 9.05 Å². The molecule has 16 nitrogen and oxygen atoms in total. The van der Waals surface area contributed by atoms with Gasteiger partial charge in [0.05, 0.1) is 30.5 Å². The van der Waals surface area contributed by atoms with E-state index in [2.05, 4.69) is 0 Å². The van der Waals surface area contributed by atoms with Gasteiger partial charge in [-0.25, -0.2) is 13.6 Å². The van der Waals surface area contributed by atoms with E-state index in [-0.39, 0.29) is 58.3 Å². The van der Waals surface area contributed by atoms with Crippen LogP contribution >= 0.6 is 8.25 Å². The maximum atomic E-state index is 16.0. The van der Waals surface area contributed by atoms with Gasteiger partial charge in [0.15, 0.2) is 5.60 Å². The Kier molecular flexibility index (Phi) is 26.0. The molecule has 2 unspecified atom stereocenters. The summed E-state index contributed by atoms with van der Waals surface area (Å²) < 4.78 is 85.8. The van der Waals surface area contributed by atoms with Gasteiger partial charge in [-0.3, -0.25) is 9.59 Å². The summed E-state index contributed by atoms with van der Waals surface area (Å²) in [7, 11) is 1.36. The van der Waals surface area contributed by atoms with Crippen LogP contribution in [0.25, 0.3) is 0 Å². The molecule has 4 N–H and O–H groups in total. The Morgan fingerprint density at radius 3 is 2.15 bits per heavy atom. The summed E-state index contributed by atoms with van der Waals surface area (Å²) >= 11 is 0. The minimum Gasteiger partial charge on any atom is -0.456 e. The maximum Gasteiger partial charge on any atom is 0.698 e. The smallest absolute Gasteiger partial charge is 0.456 e. The zero-order valence-electron chi connectivity index (χ0n) is 41.6. The third-order valence-electron chi connectivity index (χ3n) is 14.1. The molecule has 0 aromatic carbocycles. The number of allylic oxidation sites excluding steroid dienone is 2. The number of alkyl halides is 2. The normalized spacial score (nSPS) is 38.4. The van der Waals surface area contributed by atoms with E-state index in [9.17, 15) is 34.3 Å². The molecule has 0 radical (unpaired) electrons. The van der Waals surface area contributed by atoms with Gasteiger partial charge in [-0.05, 0) is 109 Å². The van der Waals surface area contributed by atoms with Gasteiger partial charge in [-0.1, -0.05) is 52.8 Å². The number of rotatable bonds is 11. The van der Waals surface area contributed by atoms with Crippen molar-refractivity contribution in [2.24, 2.45) is 29.6 Å². The molecular weight excluding hydrogens is 912 g/mol. The summed E-state index contributed by atoms with van der Waals surface area (Å²) in [5, 5.41) is 42.4. The lowest BCUT2D eigenvalue weighted by molar-refractivity contribution is -0.302. The number of aliphatic hydroxyl groups excluding tert-OH is 3. The zero-order valence-corrected chi connectivity index (χ0v) is 42.5. The van der Waals surface area contributed by atoms with Crippen LogP contribution in [0.3, 0.4) is 0 Å². The molecule has 1 amide bonds. The fraction of sp³-hybridized carbons (Fsp3) is 0.857. The Morgan fingerprint density at radius 2 is 1.57 bits per heavy atom. The molecule has 16 atom stereocenters. The summed E-state index contributed by atoms with van der Waals surface area (Å²) in [5.41, 5.74) is -1.36. The van der Waals surface area contributed by atoms with Crippen molar-refractivity contribution < 1.29 is 80.9 Å².